The SMILES string of the molecule is CCCCn1c(=O)[nH]c(Cl)c(C(C)C)c1=O. The van der Waals surface area contributed by atoms with Crippen molar-refractivity contribution in [2.45, 2.75) is 46.1 Å². The van der Waals surface area contributed by atoms with Crippen molar-refractivity contribution in [3.05, 3.63) is 31.6 Å². The monoisotopic (exact) mass is 244 g/mol. The van der Waals surface area contributed by atoms with Crippen LogP contribution in [0.3, 0.4) is 0 Å². The maximum absolute atomic E-state index is 12.0. The summed E-state index contributed by atoms with van der Waals surface area (Å²) in [5.41, 5.74) is -0.206. The summed E-state index contributed by atoms with van der Waals surface area (Å²) in [4.78, 5) is 26.1. The molecule has 0 aliphatic heterocycles. The lowest BCUT2D eigenvalue weighted by molar-refractivity contribution is 0.573. The van der Waals surface area contributed by atoms with Crippen molar-refractivity contribution in [3.8, 4) is 0 Å². The van der Waals surface area contributed by atoms with E-state index in [0.717, 1.165) is 12.8 Å². The zero-order valence-corrected chi connectivity index (χ0v) is 10.6. The van der Waals surface area contributed by atoms with Crippen LogP contribution >= 0.6 is 11.6 Å². The Labute approximate surface area is 99.3 Å². The standard InChI is InChI=1S/C11H17ClN2O2/c1-4-5-6-14-10(15)8(7(2)3)9(12)13-11(14)16/h7H,4-6H2,1-3H3,(H,13,16). The van der Waals surface area contributed by atoms with Crippen molar-refractivity contribution >= 4 is 11.6 Å². The Morgan fingerprint density at radius 3 is 2.50 bits per heavy atom. The summed E-state index contributed by atoms with van der Waals surface area (Å²) in [7, 11) is 0. The van der Waals surface area contributed by atoms with Crippen molar-refractivity contribution < 1.29 is 0 Å². The molecular formula is C11H17ClN2O2. The highest BCUT2D eigenvalue weighted by Gasteiger charge is 2.14. The van der Waals surface area contributed by atoms with E-state index in [0.29, 0.717) is 12.1 Å². The Bertz CT molecular complexity index is 474. The number of nitrogens with zero attached hydrogens (tertiary/aromatic N) is 1. The van der Waals surface area contributed by atoms with Gasteiger partial charge in [-0.3, -0.25) is 14.3 Å². The fourth-order valence-corrected chi connectivity index (χ4v) is 1.96. The first-order valence-electron chi connectivity index (χ1n) is 5.51. The number of halogens is 1. The Morgan fingerprint density at radius 2 is 2.00 bits per heavy atom. The molecule has 0 radical (unpaired) electrons. The van der Waals surface area contributed by atoms with E-state index in [4.69, 9.17) is 11.6 Å². The van der Waals surface area contributed by atoms with Gasteiger partial charge in [0.05, 0.1) is 5.56 Å². The van der Waals surface area contributed by atoms with E-state index in [1.807, 2.05) is 20.8 Å². The van der Waals surface area contributed by atoms with Crippen LogP contribution in [0.1, 0.15) is 45.1 Å². The minimum atomic E-state index is -0.423. The maximum Gasteiger partial charge on any atom is 0.329 e. The van der Waals surface area contributed by atoms with Gasteiger partial charge in [-0.2, -0.15) is 0 Å². The lowest BCUT2D eigenvalue weighted by Gasteiger charge is -2.10. The molecule has 0 unspecified atom stereocenters. The smallest absolute Gasteiger partial charge is 0.297 e. The summed E-state index contributed by atoms with van der Waals surface area (Å²) in [6, 6.07) is 0. The van der Waals surface area contributed by atoms with E-state index in [9.17, 15) is 9.59 Å². The van der Waals surface area contributed by atoms with Crippen molar-refractivity contribution in [2.75, 3.05) is 0 Å². The molecule has 0 aliphatic carbocycles. The molecule has 1 rings (SSSR count). The molecule has 1 heterocycles. The van der Waals surface area contributed by atoms with Crippen molar-refractivity contribution in [3.63, 3.8) is 0 Å². The predicted octanol–water partition coefficient (Wildman–Crippen LogP) is 2.11. The summed E-state index contributed by atoms with van der Waals surface area (Å²) >= 11 is 5.87. The number of aromatic amines is 1. The Hall–Kier alpha value is -1.03. The van der Waals surface area contributed by atoms with E-state index in [1.54, 1.807) is 0 Å². The number of nitrogens with one attached hydrogen (secondary N) is 1. The molecule has 0 saturated heterocycles. The van der Waals surface area contributed by atoms with Gasteiger partial charge in [0.15, 0.2) is 0 Å². The van der Waals surface area contributed by atoms with Crippen LogP contribution in [0.2, 0.25) is 5.15 Å². The fourth-order valence-electron chi connectivity index (χ4n) is 1.58. The summed E-state index contributed by atoms with van der Waals surface area (Å²) in [5.74, 6) is 0.00438. The fraction of sp³-hybridized carbons (Fsp3) is 0.636. The second-order valence-corrected chi connectivity index (χ2v) is 4.50. The zero-order valence-electron chi connectivity index (χ0n) is 9.84. The second kappa shape index (κ2) is 5.34. The minimum Gasteiger partial charge on any atom is -0.297 e. The molecule has 0 saturated carbocycles. The number of unbranched alkanes of at least 4 members (excludes halogenated alkanes) is 1. The Balaban J connectivity index is 3.34. The molecule has 0 fully saturated rings. The number of hydrogen-bond acceptors (Lipinski definition) is 2. The van der Waals surface area contributed by atoms with Gasteiger partial charge in [0.2, 0.25) is 0 Å². The number of aromatic nitrogens is 2. The topological polar surface area (TPSA) is 54.9 Å². The third-order valence-corrected chi connectivity index (χ3v) is 2.78. The molecule has 0 aromatic carbocycles. The molecule has 1 aromatic rings. The normalized spacial score (nSPS) is 11.1. The first-order valence-corrected chi connectivity index (χ1v) is 5.89. The van der Waals surface area contributed by atoms with Gasteiger partial charge < -0.3 is 0 Å². The van der Waals surface area contributed by atoms with Gasteiger partial charge in [-0.1, -0.05) is 38.8 Å². The van der Waals surface area contributed by atoms with Crippen LogP contribution in [-0.2, 0) is 6.54 Å². The van der Waals surface area contributed by atoms with E-state index < -0.39 is 5.69 Å². The lowest BCUT2D eigenvalue weighted by Crippen LogP contribution is -2.37. The molecule has 0 aliphatic rings. The van der Waals surface area contributed by atoms with Crippen molar-refractivity contribution in [1.82, 2.24) is 9.55 Å². The van der Waals surface area contributed by atoms with Gasteiger partial charge in [-0.25, -0.2) is 4.79 Å². The summed E-state index contributed by atoms with van der Waals surface area (Å²) in [5, 5.41) is 0.165. The van der Waals surface area contributed by atoms with Gasteiger partial charge >= 0.3 is 5.69 Å². The van der Waals surface area contributed by atoms with Gasteiger partial charge in [-0.05, 0) is 12.3 Å². The van der Waals surface area contributed by atoms with E-state index in [1.165, 1.54) is 4.57 Å². The van der Waals surface area contributed by atoms with Gasteiger partial charge in [0.1, 0.15) is 5.15 Å². The molecule has 1 N–H and O–H groups in total. The highest BCUT2D eigenvalue weighted by Crippen LogP contribution is 2.16. The quantitative estimate of drug-likeness (QED) is 0.825. The lowest BCUT2D eigenvalue weighted by atomic mass is 10.1. The van der Waals surface area contributed by atoms with Crippen LogP contribution in [0.5, 0.6) is 0 Å². The first-order chi connectivity index (χ1) is 7.49. The van der Waals surface area contributed by atoms with Crippen LogP contribution in [-0.4, -0.2) is 9.55 Å². The molecule has 0 spiro atoms. The summed E-state index contributed by atoms with van der Waals surface area (Å²) in [6.07, 6.45) is 1.74. The average Bonchev–Trinajstić information content (AvgIpc) is 2.16. The van der Waals surface area contributed by atoms with Gasteiger partial charge in [0, 0.05) is 6.54 Å². The van der Waals surface area contributed by atoms with E-state index >= 15 is 0 Å². The molecule has 0 amide bonds. The predicted molar refractivity (Wildman–Crippen MR) is 65.3 cm³/mol. The maximum atomic E-state index is 12.0. The molecule has 5 heteroatoms. The van der Waals surface area contributed by atoms with Gasteiger partial charge in [-0.15, -0.1) is 0 Å². The molecule has 0 bridgehead atoms. The second-order valence-electron chi connectivity index (χ2n) is 4.12. The number of H-pyrrole nitrogens is 1. The van der Waals surface area contributed by atoms with E-state index in [-0.39, 0.29) is 16.6 Å². The Morgan fingerprint density at radius 1 is 1.38 bits per heavy atom. The van der Waals surface area contributed by atoms with E-state index in [2.05, 4.69) is 4.98 Å². The van der Waals surface area contributed by atoms with Crippen molar-refractivity contribution in [1.29, 1.82) is 0 Å². The van der Waals surface area contributed by atoms with Gasteiger partial charge in [0.25, 0.3) is 5.56 Å². The molecule has 1 aromatic heterocycles. The number of rotatable bonds is 4. The van der Waals surface area contributed by atoms with Crippen LogP contribution in [0.4, 0.5) is 0 Å². The Kier molecular flexibility index (Phi) is 4.35. The van der Waals surface area contributed by atoms with Crippen molar-refractivity contribution in [2.24, 2.45) is 0 Å². The minimum absolute atomic E-state index is 0.00438. The number of hydrogen-bond donors (Lipinski definition) is 1. The average molecular weight is 245 g/mol. The van der Waals surface area contributed by atoms with Crippen LogP contribution < -0.4 is 11.2 Å². The molecular weight excluding hydrogens is 228 g/mol. The zero-order chi connectivity index (χ0) is 12.3. The molecule has 0 atom stereocenters. The molecule has 4 nitrogen and oxygen atoms in total. The van der Waals surface area contributed by atoms with Crippen LogP contribution in [0.25, 0.3) is 0 Å². The molecule has 90 valence electrons. The third kappa shape index (κ3) is 2.55. The summed E-state index contributed by atoms with van der Waals surface area (Å²) in [6.45, 7) is 6.22. The highest BCUT2D eigenvalue weighted by atomic mass is 35.5. The molecule has 16 heavy (non-hydrogen) atoms. The largest absolute Gasteiger partial charge is 0.329 e. The first kappa shape index (κ1) is 13.0. The van der Waals surface area contributed by atoms with Crippen LogP contribution in [0.15, 0.2) is 9.59 Å². The summed E-state index contributed by atoms with van der Waals surface area (Å²) < 4.78 is 1.23. The van der Waals surface area contributed by atoms with Crippen LogP contribution in [0, 0.1) is 0 Å². The third-order valence-electron chi connectivity index (χ3n) is 2.49. The highest BCUT2D eigenvalue weighted by molar-refractivity contribution is 6.30.